The lowest BCUT2D eigenvalue weighted by Crippen LogP contribution is -2.15. The molecular formula is C19H17N5O5. The maximum Gasteiger partial charge on any atom is 0.322 e. The molecule has 0 fully saturated rings. The third-order valence-electron chi connectivity index (χ3n) is 3.86. The highest BCUT2D eigenvalue weighted by Gasteiger charge is 2.17. The Labute approximate surface area is 165 Å². The fourth-order valence-electron chi connectivity index (χ4n) is 2.53. The van der Waals surface area contributed by atoms with E-state index in [1.807, 2.05) is 30.3 Å². The number of rotatable bonds is 8. The van der Waals surface area contributed by atoms with Crippen LogP contribution in [0.3, 0.4) is 0 Å². The van der Waals surface area contributed by atoms with Gasteiger partial charge in [0.25, 0.3) is 5.69 Å². The molecule has 3 aromatic rings. The SMILES string of the molecule is COc1ccc(Nc2cc(-c3ccccc3)nc(NCC(=O)O)n2)c([N+](=O)[O-])c1. The van der Waals surface area contributed by atoms with Crippen LogP contribution in [0.2, 0.25) is 0 Å². The fraction of sp³-hybridized carbons (Fsp3) is 0.105. The smallest absolute Gasteiger partial charge is 0.322 e. The molecule has 10 nitrogen and oxygen atoms in total. The number of anilines is 3. The van der Waals surface area contributed by atoms with Crippen LogP contribution in [-0.4, -0.2) is 39.6 Å². The standard InChI is InChI=1S/C19H17N5O5/c1-29-13-7-8-14(16(9-13)24(27)28)21-17-10-15(12-5-3-2-4-6-12)22-19(23-17)20-11-18(25)26/h2-10H,11H2,1H3,(H,25,26)(H2,20,21,22,23). The number of carboxylic acid groups (broad SMARTS) is 1. The van der Waals surface area contributed by atoms with E-state index in [0.717, 1.165) is 5.56 Å². The molecule has 148 valence electrons. The number of hydrogen-bond donors (Lipinski definition) is 3. The molecule has 10 heteroatoms. The summed E-state index contributed by atoms with van der Waals surface area (Å²) in [5, 5.41) is 25.8. The Balaban J connectivity index is 2.01. The van der Waals surface area contributed by atoms with Gasteiger partial charge in [-0.3, -0.25) is 14.9 Å². The Bertz CT molecular complexity index is 1040. The van der Waals surface area contributed by atoms with E-state index in [9.17, 15) is 14.9 Å². The second-order valence-electron chi connectivity index (χ2n) is 5.84. The number of benzene rings is 2. The maximum atomic E-state index is 11.4. The highest BCUT2D eigenvalue weighted by atomic mass is 16.6. The Morgan fingerprint density at radius 2 is 1.93 bits per heavy atom. The summed E-state index contributed by atoms with van der Waals surface area (Å²) in [7, 11) is 1.42. The molecule has 0 unspecified atom stereocenters. The molecule has 0 bridgehead atoms. The zero-order valence-electron chi connectivity index (χ0n) is 15.3. The van der Waals surface area contributed by atoms with Crippen LogP contribution in [-0.2, 0) is 4.79 Å². The predicted octanol–water partition coefficient (Wildman–Crippen LogP) is 3.30. The van der Waals surface area contributed by atoms with Crippen molar-refractivity contribution in [2.24, 2.45) is 0 Å². The van der Waals surface area contributed by atoms with Gasteiger partial charge >= 0.3 is 5.97 Å². The fourth-order valence-corrected chi connectivity index (χ4v) is 2.53. The monoisotopic (exact) mass is 395 g/mol. The second-order valence-corrected chi connectivity index (χ2v) is 5.84. The van der Waals surface area contributed by atoms with E-state index in [1.165, 1.54) is 19.2 Å². The summed E-state index contributed by atoms with van der Waals surface area (Å²) in [5.74, 6) is -0.384. The van der Waals surface area contributed by atoms with Crippen LogP contribution in [0.15, 0.2) is 54.6 Å². The number of methoxy groups -OCH3 is 1. The van der Waals surface area contributed by atoms with E-state index >= 15 is 0 Å². The molecule has 0 spiro atoms. The quantitative estimate of drug-likeness (QED) is 0.387. The minimum Gasteiger partial charge on any atom is -0.496 e. The number of carbonyl (C=O) groups is 1. The number of nitrogens with zero attached hydrogens (tertiary/aromatic N) is 3. The minimum absolute atomic E-state index is 0.0763. The van der Waals surface area contributed by atoms with E-state index < -0.39 is 10.9 Å². The van der Waals surface area contributed by atoms with Crippen molar-refractivity contribution in [1.82, 2.24) is 9.97 Å². The molecule has 0 aliphatic heterocycles. The van der Waals surface area contributed by atoms with Crippen molar-refractivity contribution in [3.05, 3.63) is 64.7 Å². The van der Waals surface area contributed by atoms with Crippen molar-refractivity contribution >= 4 is 29.1 Å². The Morgan fingerprint density at radius 1 is 1.17 bits per heavy atom. The minimum atomic E-state index is -1.07. The number of nitro benzene ring substituents is 1. The molecule has 0 aliphatic rings. The first-order valence-corrected chi connectivity index (χ1v) is 8.46. The van der Waals surface area contributed by atoms with Crippen molar-refractivity contribution in [2.75, 3.05) is 24.3 Å². The van der Waals surface area contributed by atoms with Crippen molar-refractivity contribution < 1.29 is 19.6 Å². The van der Waals surface area contributed by atoms with Gasteiger partial charge in [0.2, 0.25) is 5.95 Å². The van der Waals surface area contributed by atoms with Gasteiger partial charge in [0.1, 0.15) is 23.8 Å². The number of aliphatic carboxylic acids is 1. The molecular weight excluding hydrogens is 378 g/mol. The second kappa shape index (κ2) is 8.65. The lowest BCUT2D eigenvalue weighted by atomic mass is 10.1. The van der Waals surface area contributed by atoms with Gasteiger partial charge in [0.15, 0.2) is 0 Å². The van der Waals surface area contributed by atoms with E-state index in [-0.39, 0.29) is 29.7 Å². The molecule has 1 heterocycles. The summed E-state index contributed by atoms with van der Waals surface area (Å²) in [6.07, 6.45) is 0. The number of nitrogens with one attached hydrogen (secondary N) is 2. The molecule has 29 heavy (non-hydrogen) atoms. The topological polar surface area (TPSA) is 140 Å². The number of aromatic nitrogens is 2. The van der Waals surface area contributed by atoms with Gasteiger partial charge in [-0.15, -0.1) is 0 Å². The van der Waals surface area contributed by atoms with E-state index in [1.54, 1.807) is 12.1 Å². The predicted molar refractivity (Wildman–Crippen MR) is 107 cm³/mol. The van der Waals surface area contributed by atoms with Crippen LogP contribution in [0.1, 0.15) is 0 Å². The van der Waals surface area contributed by atoms with Gasteiger partial charge in [-0.05, 0) is 12.1 Å². The molecule has 0 saturated carbocycles. The summed E-state index contributed by atoms with van der Waals surface area (Å²) in [6.45, 7) is -0.375. The van der Waals surface area contributed by atoms with Crippen molar-refractivity contribution in [1.29, 1.82) is 0 Å². The van der Waals surface area contributed by atoms with Gasteiger partial charge in [-0.2, -0.15) is 4.98 Å². The van der Waals surface area contributed by atoms with Crippen LogP contribution < -0.4 is 15.4 Å². The summed E-state index contributed by atoms with van der Waals surface area (Å²) in [6, 6.07) is 15.2. The molecule has 0 radical (unpaired) electrons. The molecule has 3 rings (SSSR count). The van der Waals surface area contributed by atoms with Gasteiger partial charge < -0.3 is 20.5 Å². The Kier molecular flexibility index (Phi) is 5.83. The average Bonchev–Trinajstić information content (AvgIpc) is 2.73. The third kappa shape index (κ3) is 4.95. The summed E-state index contributed by atoms with van der Waals surface area (Å²) >= 11 is 0. The summed E-state index contributed by atoms with van der Waals surface area (Å²) < 4.78 is 5.04. The maximum absolute atomic E-state index is 11.4. The van der Waals surface area contributed by atoms with Gasteiger partial charge in [0.05, 0.1) is 23.8 Å². The first-order chi connectivity index (χ1) is 14.0. The zero-order valence-corrected chi connectivity index (χ0v) is 15.3. The van der Waals surface area contributed by atoms with Gasteiger partial charge in [-0.1, -0.05) is 30.3 Å². The summed E-state index contributed by atoms with van der Waals surface area (Å²) in [4.78, 5) is 30.3. The molecule has 0 amide bonds. The van der Waals surface area contributed by atoms with Crippen molar-refractivity contribution in [3.8, 4) is 17.0 Å². The van der Waals surface area contributed by atoms with Crippen LogP contribution in [0, 0.1) is 10.1 Å². The highest BCUT2D eigenvalue weighted by molar-refractivity contribution is 5.74. The molecule has 0 saturated heterocycles. The van der Waals surface area contributed by atoms with Crippen LogP contribution >= 0.6 is 0 Å². The van der Waals surface area contributed by atoms with E-state index in [4.69, 9.17) is 9.84 Å². The third-order valence-corrected chi connectivity index (χ3v) is 3.86. The molecule has 3 N–H and O–H groups in total. The number of hydrogen-bond acceptors (Lipinski definition) is 8. The number of carboxylic acids is 1. The lowest BCUT2D eigenvalue weighted by molar-refractivity contribution is -0.384. The molecule has 0 atom stereocenters. The highest BCUT2D eigenvalue weighted by Crippen LogP contribution is 2.32. The first kappa shape index (κ1) is 19.5. The summed E-state index contributed by atoms with van der Waals surface area (Å²) in [5.41, 5.74) is 1.31. The van der Waals surface area contributed by atoms with Crippen LogP contribution in [0.25, 0.3) is 11.3 Å². The average molecular weight is 395 g/mol. The molecule has 2 aromatic carbocycles. The van der Waals surface area contributed by atoms with Crippen molar-refractivity contribution in [3.63, 3.8) is 0 Å². The number of nitro groups is 1. The van der Waals surface area contributed by atoms with E-state index in [0.29, 0.717) is 11.4 Å². The van der Waals surface area contributed by atoms with E-state index in [2.05, 4.69) is 20.6 Å². The zero-order chi connectivity index (χ0) is 20.8. The molecule has 1 aromatic heterocycles. The van der Waals surface area contributed by atoms with Crippen LogP contribution in [0.4, 0.5) is 23.1 Å². The Morgan fingerprint density at radius 3 is 2.59 bits per heavy atom. The van der Waals surface area contributed by atoms with Gasteiger partial charge in [-0.25, -0.2) is 4.98 Å². The van der Waals surface area contributed by atoms with Crippen LogP contribution in [0.5, 0.6) is 5.75 Å². The van der Waals surface area contributed by atoms with Gasteiger partial charge in [0, 0.05) is 11.6 Å². The normalized spacial score (nSPS) is 10.2. The first-order valence-electron chi connectivity index (χ1n) is 8.46. The largest absolute Gasteiger partial charge is 0.496 e. The lowest BCUT2D eigenvalue weighted by Gasteiger charge is -2.11. The number of ether oxygens (including phenoxy) is 1. The Hall–Kier alpha value is -4.21. The molecule has 0 aliphatic carbocycles. The van der Waals surface area contributed by atoms with Crippen molar-refractivity contribution in [2.45, 2.75) is 0 Å².